The quantitative estimate of drug-likeness (QED) is 0.200. The van der Waals surface area contributed by atoms with E-state index in [1.807, 2.05) is 6.92 Å². The largest absolute Gasteiger partial charge is 1.00 e. The third-order valence-electron chi connectivity index (χ3n) is 3.49. The van der Waals surface area contributed by atoms with Crippen molar-refractivity contribution in [2.75, 3.05) is 0 Å². The number of hydrogen-bond donors (Lipinski definition) is 2. The highest BCUT2D eigenvalue weighted by molar-refractivity contribution is 5.68. The van der Waals surface area contributed by atoms with Crippen molar-refractivity contribution in [1.29, 1.82) is 0 Å². The molecule has 2 heterocycles. The maximum atomic E-state index is 11.1. The van der Waals surface area contributed by atoms with E-state index in [1.165, 1.54) is 18.6 Å². The van der Waals surface area contributed by atoms with Gasteiger partial charge in [0, 0.05) is 24.0 Å². The third kappa shape index (κ3) is 7.08. The van der Waals surface area contributed by atoms with Crippen LogP contribution in [0.25, 0.3) is 0 Å². The lowest BCUT2D eigenvalue weighted by atomic mass is 10.3. The predicted octanol–water partition coefficient (Wildman–Crippen LogP) is -1.03. The third-order valence-corrected chi connectivity index (χ3v) is 3.49. The molecule has 0 amide bonds. The molecule has 0 aliphatic rings. The second kappa shape index (κ2) is 11.3. The number of aryl methyl sites for hydroxylation is 2. The van der Waals surface area contributed by atoms with E-state index in [9.17, 15) is 9.59 Å². The van der Waals surface area contributed by atoms with Crippen LogP contribution < -0.4 is 22.3 Å². The number of carbonyl (C=O) groups is 2. The van der Waals surface area contributed by atoms with Crippen LogP contribution in [0.15, 0.2) is 63.3 Å². The van der Waals surface area contributed by atoms with Crippen molar-refractivity contribution in [2.45, 2.75) is 26.3 Å². The molecule has 10 nitrogen and oxygen atoms in total. The van der Waals surface area contributed by atoms with E-state index in [2.05, 4.69) is 20.4 Å². The van der Waals surface area contributed by atoms with Crippen LogP contribution in [0, 0.1) is 0 Å². The van der Waals surface area contributed by atoms with Crippen LogP contribution in [0.1, 0.15) is 19.0 Å². The van der Waals surface area contributed by atoms with Gasteiger partial charge in [-0.3, -0.25) is 9.36 Å². The van der Waals surface area contributed by atoms with Gasteiger partial charge in [0.05, 0.1) is 11.0 Å². The second-order valence-corrected chi connectivity index (χ2v) is 5.37. The minimum absolute atomic E-state index is 0. The molecule has 2 N–H and O–H groups in total. The smallest absolute Gasteiger partial charge is 0.415 e. The van der Waals surface area contributed by atoms with E-state index in [-0.39, 0.29) is 18.8 Å². The number of pyridine rings is 2. The maximum Gasteiger partial charge on any atom is 0.415 e. The van der Waals surface area contributed by atoms with Gasteiger partial charge in [-0.15, -0.1) is 20.4 Å². The van der Waals surface area contributed by atoms with Crippen molar-refractivity contribution >= 4 is 24.1 Å². The molecule has 0 aliphatic heterocycles. The molecular formula is C17H19ClN6O4. The second-order valence-electron chi connectivity index (χ2n) is 5.37. The highest BCUT2D eigenvalue weighted by atomic mass is 35.5. The lowest BCUT2D eigenvalue weighted by Gasteiger charge is -2.05. The Morgan fingerprint density at radius 2 is 1.93 bits per heavy atom. The number of carboxylic acids is 1. The van der Waals surface area contributed by atoms with Crippen LogP contribution in [0.5, 0.6) is 0 Å². The topological polar surface area (TPSA) is 133 Å². The number of carboxylic acid groups (broad SMARTS) is 2. The summed E-state index contributed by atoms with van der Waals surface area (Å²) in [6.45, 7) is 2.23. The number of halogens is 1. The number of nitrogens with zero attached hydrogens (tertiary/aromatic N) is 6. The minimum Gasteiger partial charge on any atom is -1.00 e. The fraction of sp³-hybridized carbons (Fsp3) is 0.235. The molecular weight excluding hydrogens is 388 g/mol. The predicted molar refractivity (Wildman–Crippen MR) is 94.7 cm³/mol. The summed E-state index contributed by atoms with van der Waals surface area (Å²) in [5.41, 5.74) is 1.18. The summed E-state index contributed by atoms with van der Waals surface area (Å²) < 4.78 is 2.86. The number of hydrogen-bond acceptors (Lipinski definition) is 5. The Morgan fingerprint density at radius 3 is 2.54 bits per heavy atom. The van der Waals surface area contributed by atoms with Crippen LogP contribution in [-0.4, -0.2) is 33.2 Å². The molecule has 0 saturated heterocycles. The Kier molecular flexibility index (Phi) is 9.17. The van der Waals surface area contributed by atoms with Crippen molar-refractivity contribution in [3.8, 4) is 0 Å². The number of aromatic nitrogens is 2. The van der Waals surface area contributed by atoms with E-state index in [1.54, 1.807) is 35.2 Å². The number of azo groups is 1. The van der Waals surface area contributed by atoms with Crippen LogP contribution in [0.4, 0.5) is 10.5 Å². The van der Waals surface area contributed by atoms with Gasteiger partial charge in [-0.2, -0.15) is 0 Å². The summed E-state index contributed by atoms with van der Waals surface area (Å²) in [4.78, 5) is 21.6. The zero-order chi connectivity index (χ0) is 19.6. The van der Waals surface area contributed by atoms with Gasteiger partial charge in [-0.05, 0) is 18.6 Å². The van der Waals surface area contributed by atoms with Crippen molar-refractivity contribution in [1.82, 2.24) is 4.57 Å². The molecule has 2 aromatic heterocycles. The first-order valence-corrected chi connectivity index (χ1v) is 8.11. The summed E-state index contributed by atoms with van der Waals surface area (Å²) in [5.74, 6) is -0.853. The number of aliphatic carboxylic acids is 1. The molecule has 148 valence electrons. The van der Waals surface area contributed by atoms with Gasteiger partial charge >= 0.3 is 12.1 Å². The molecule has 0 bridgehead atoms. The van der Waals surface area contributed by atoms with Crippen molar-refractivity contribution in [3.05, 3.63) is 53.9 Å². The molecule has 2 aromatic rings. The first-order valence-electron chi connectivity index (χ1n) is 8.11. The Morgan fingerprint density at radius 1 is 1.21 bits per heavy atom. The monoisotopic (exact) mass is 406 g/mol. The summed E-state index contributed by atoms with van der Waals surface area (Å²) in [6, 6.07) is 6.57. The molecule has 0 spiro atoms. The molecule has 0 unspecified atom stereocenters. The summed E-state index contributed by atoms with van der Waals surface area (Å²) >= 11 is 0. The fourth-order valence-electron chi connectivity index (χ4n) is 2.15. The standard InChI is InChI=1S/C17H18N6O4.ClH/c1-2-15-11-14(5-10-23(15)17(26)27)21-19-12-18-20-13-3-7-22(8-4-13)9-6-16(24)25;/h3-5,7-8,10-12H,2,6,9H2,1H3,(H-,24,25,26,27);1H. The van der Waals surface area contributed by atoms with Crippen molar-refractivity contribution < 1.29 is 36.8 Å². The van der Waals surface area contributed by atoms with Crippen molar-refractivity contribution in [3.63, 3.8) is 0 Å². The van der Waals surface area contributed by atoms with Crippen LogP contribution >= 0.6 is 0 Å². The van der Waals surface area contributed by atoms with Gasteiger partial charge in [-0.25, -0.2) is 9.36 Å². The van der Waals surface area contributed by atoms with Gasteiger partial charge in [0.25, 0.3) is 0 Å². The SMILES string of the molecule is CCc1c/c(=N\N=C\N=Nc2cc[n+](CCC(=O)O)cc2)ccn1C(=O)O.[Cl-]. The average Bonchev–Trinajstić information content (AvgIpc) is 2.66. The van der Waals surface area contributed by atoms with Gasteiger partial charge in [0.2, 0.25) is 0 Å². The summed E-state index contributed by atoms with van der Waals surface area (Å²) in [7, 11) is 0. The van der Waals surface area contributed by atoms with Crippen LogP contribution in [0.2, 0.25) is 0 Å². The van der Waals surface area contributed by atoms with E-state index in [0.717, 1.165) is 4.57 Å². The first kappa shape index (κ1) is 22.6. The Hall–Kier alpha value is -3.40. The van der Waals surface area contributed by atoms with E-state index < -0.39 is 12.1 Å². The Balaban J connectivity index is 0.00000392. The lowest BCUT2D eigenvalue weighted by Crippen LogP contribution is -3.00. The zero-order valence-corrected chi connectivity index (χ0v) is 15.8. The Bertz CT molecular complexity index is 937. The molecule has 0 atom stereocenters. The number of rotatable bonds is 7. The van der Waals surface area contributed by atoms with Gasteiger partial charge < -0.3 is 22.6 Å². The molecule has 0 aliphatic carbocycles. The highest BCUT2D eigenvalue weighted by Gasteiger charge is 2.05. The fourth-order valence-corrected chi connectivity index (χ4v) is 2.15. The average molecular weight is 407 g/mol. The normalized spacial score (nSPS) is 11.7. The van der Waals surface area contributed by atoms with Gasteiger partial charge in [0.1, 0.15) is 6.42 Å². The van der Waals surface area contributed by atoms with E-state index in [4.69, 9.17) is 10.2 Å². The van der Waals surface area contributed by atoms with E-state index >= 15 is 0 Å². The molecule has 2 rings (SSSR count). The van der Waals surface area contributed by atoms with Crippen LogP contribution in [0.3, 0.4) is 0 Å². The highest BCUT2D eigenvalue weighted by Crippen LogP contribution is 2.07. The van der Waals surface area contributed by atoms with Crippen LogP contribution in [-0.2, 0) is 17.8 Å². The van der Waals surface area contributed by atoms with Gasteiger partial charge in [-0.1, -0.05) is 6.92 Å². The minimum atomic E-state index is -1.05. The van der Waals surface area contributed by atoms with Crippen molar-refractivity contribution in [2.24, 2.45) is 20.4 Å². The Labute approximate surface area is 166 Å². The van der Waals surface area contributed by atoms with E-state index in [0.29, 0.717) is 29.7 Å². The molecule has 11 heteroatoms. The lowest BCUT2D eigenvalue weighted by molar-refractivity contribution is -0.695. The summed E-state index contributed by atoms with van der Waals surface area (Å²) in [6.07, 6.45) is 5.56. The molecule has 0 fully saturated rings. The molecule has 28 heavy (non-hydrogen) atoms. The zero-order valence-electron chi connectivity index (χ0n) is 15.0. The molecule has 0 aromatic carbocycles. The molecule has 0 radical (unpaired) electrons. The molecule has 0 saturated carbocycles. The maximum absolute atomic E-state index is 11.1. The summed E-state index contributed by atoms with van der Waals surface area (Å²) in [5, 5.41) is 33.7. The van der Waals surface area contributed by atoms with Gasteiger partial charge in [0.15, 0.2) is 25.3 Å². The first-order chi connectivity index (χ1) is 13.0.